The lowest BCUT2D eigenvalue weighted by molar-refractivity contribution is -0.125. The second-order valence-corrected chi connectivity index (χ2v) is 9.07. The minimum atomic E-state index is -0.408. The summed E-state index contributed by atoms with van der Waals surface area (Å²) in [5.74, 6) is 1.70. The third-order valence-electron chi connectivity index (χ3n) is 5.41. The first-order valence-corrected chi connectivity index (χ1v) is 11.9. The maximum atomic E-state index is 13.2. The van der Waals surface area contributed by atoms with Gasteiger partial charge in [0.1, 0.15) is 12.4 Å². The van der Waals surface area contributed by atoms with Crippen molar-refractivity contribution in [3.8, 4) is 0 Å². The molecule has 1 N–H and O–H groups in total. The van der Waals surface area contributed by atoms with Gasteiger partial charge in [-0.1, -0.05) is 40.2 Å². The van der Waals surface area contributed by atoms with Crippen molar-refractivity contribution in [2.24, 2.45) is 0 Å². The van der Waals surface area contributed by atoms with Crippen molar-refractivity contribution in [1.29, 1.82) is 0 Å². The smallest absolute Gasteiger partial charge is 0.240 e. The summed E-state index contributed by atoms with van der Waals surface area (Å²) in [6.45, 7) is 1.53. The highest BCUT2D eigenvalue weighted by atomic mass is 79.9. The van der Waals surface area contributed by atoms with Gasteiger partial charge < -0.3 is 14.6 Å². The number of nitrogens with zero attached hydrogens (tertiary/aromatic N) is 2. The SMILES string of the molecule is CSCc1nc2ccccc2n1CC(=O)NC1(c2cccc(Br)c2)CCOCC1. The molecule has 0 atom stereocenters. The molecule has 1 aliphatic heterocycles. The fourth-order valence-corrected chi connectivity index (χ4v) is 4.86. The molecule has 1 aromatic heterocycles. The van der Waals surface area contributed by atoms with Crippen molar-refractivity contribution in [2.75, 3.05) is 19.5 Å². The van der Waals surface area contributed by atoms with E-state index < -0.39 is 5.54 Å². The second-order valence-electron chi connectivity index (χ2n) is 7.29. The van der Waals surface area contributed by atoms with E-state index in [0.717, 1.165) is 45.5 Å². The monoisotopic (exact) mass is 473 g/mol. The molecule has 0 unspecified atom stereocenters. The van der Waals surface area contributed by atoms with Crippen molar-refractivity contribution >= 4 is 44.6 Å². The van der Waals surface area contributed by atoms with Crippen molar-refractivity contribution in [3.63, 3.8) is 0 Å². The maximum absolute atomic E-state index is 13.2. The van der Waals surface area contributed by atoms with Crippen LogP contribution in [0.4, 0.5) is 0 Å². The summed E-state index contributed by atoms with van der Waals surface area (Å²) in [4.78, 5) is 17.9. The van der Waals surface area contributed by atoms with E-state index in [1.807, 2.05) is 47.2 Å². The van der Waals surface area contributed by atoms with E-state index in [1.54, 1.807) is 11.8 Å². The van der Waals surface area contributed by atoms with Gasteiger partial charge in [-0.05, 0) is 48.9 Å². The summed E-state index contributed by atoms with van der Waals surface area (Å²) in [5, 5.41) is 3.35. The quantitative estimate of drug-likeness (QED) is 0.573. The number of imidazole rings is 1. The number of amides is 1. The zero-order valence-electron chi connectivity index (χ0n) is 16.4. The molecule has 5 nitrogen and oxygen atoms in total. The van der Waals surface area contributed by atoms with Gasteiger partial charge in [0.2, 0.25) is 5.91 Å². The third-order valence-corrected chi connectivity index (χ3v) is 6.45. The number of ether oxygens (including phenoxy) is 1. The first-order valence-electron chi connectivity index (χ1n) is 9.69. The van der Waals surface area contributed by atoms with Crippen LogP contribution >= 0.6 is 27.7 Å². The molecular weight excluding hydrogens is 450 g/mol. The molecular formula is C22H24BrN3O2S. The fraction of sp³-hybridized carbons (Fsp3) is 0.364. The molecule has 1 fully saturated rings. The maximum Gasteiger partial charge on any atom is 0.240 e. The number of rotatable bonds is 6. The van der Waals surface area contributed by atoms with E-state index in [9.17, 15) is 4.79 Å². The van der Waals surface area contributed by atoms with Crippen LogP contribution in [-0.2, 0) is 27.4 Å². The van der Waals surface area contributed by atoms with Crippen molar-refractivity contribution in [3.05, 3.63) is 64.4 Å². The molecule has 0 radical (unpaired) electrons. The molecule has 0 spiro atoms. The molecule has 4 rings (SSSR count). The predicted molar refractivity (Wildman–Crippen MR) is 121 cm³/mol. The number of hydrogen-bond donors (Lipinski definition) is 1. The summed E-state index contributed by atoms with van der Waals surface area (Å²) in [5.41, 5.74) is 2.63. The number of carbonyl (C=O) groups excluding carboxylic acids is 1. The molecule has 29 heavy (non-hydrogen) atoms. The Hall–Kier alpha value is -1.83. The van der Waals surface area contributed by atoms with Crippen LogP contribution < -0.4 is 5.32 Å². The summed E-state index contributed by atoms with van der Waals surface area (Å²) in [6, 6.07) is 16.2. The van der Waals surface area contributed by atoms with Crippen LogP contribution in [0.1, 0.15) is 24.2 Å². The lowest BCUT2D eigenvalue weighted by Crippen LogP contribution is -2.50. The number of carbonyl (C=O) groups is 1. The van der Waals surface area contributed by atoms with E-state index in [4.69, 9.17) is 9.72 Å². The van der Waals surface area contributed by atoms with Gasteiger partial charge in [0, 0.05) is 17.7 Å². The number of hydrogen-bond acceptors (Lipinski definition) is 4. The minimum absolute atomic E-state index is 0.00242. The highest BCUT2D eigenvalue weighted by molar-refractivity contribution is 9.10. The van der Waals surface area contributed by atoms with Crippen LogP contribution in [0.3, 0.4) is 0 Å². The highest BCUT2D eigenvalue weighted by Crippen LogP contribution is 2.33. The zero-order valence-corrected chi connectivity index (χ0v) is 18.8. The molecule has 1 aliphatic rings. The van der Waals surface area contributed by atoms with Gasteiger partial charge in [-0.3, -0.25) is 4.79 Å². The van der Waals surface area contributed by atoms with Crippen LogP contribution in [0.5, 0.6) is 0 Å². The minimum Gasteiger partial charge on any atom is -0.381 e. The van der Waals surface area contributed by atoms with Crippen LogP contribution in [0.2, 0.25) is 0 Å². The zero-order chi connectivity index (χ0) is 20.3. The lowest BCUT2D eigenvalue weighted by Gasteiger charge is -2.38. The normalized spacial score (nSPS) is 16.1. The number of benzene rings is 2. The van der Waals surface area contributed by atoms with E-state index in [2.05, 4.69) is 33.4 Å². The van der Waals surface area contributed by atoms with Crippen LogP contribution in [0.25, 0.3) is 11.0 Å². The van der Waals surface area contributed by atoms with Crippen LogP contribution in [0, 0.1) is 0 Å². The number of fused-ring (bicyclic) bond motifs is 1. The van der Waals surface area contributed by atoms with E-state index in [-0.39, 0.29) is 12.5 Å². The van der Waals surface area contributed by atoms with Gasteiger partial charge in [0.15, 0.2) is 0 Å². The Bertz CT molecular complexity index is 1010. The van der Waals surface area contributed by atoms with Crippen molar-refractivity contribution in [1.82, 2.24) is 14.9 Å². The molecule has 3 aromatic rings. The Morgan fingerprint density at radius 1 is 1.24 bits per heavy atom. The number of para-hydroxylation sites is 2. The summed E-state index contributed by atoms with van der Waals surface area (Å²) in [7, 11) is 0. The average Bonchev–Trinajstić information content (AvgIpc) is 3.06. The molecule has 1 saturated heterocycles. The standard InChI is InChI=1S/C22H24BrN3O2S/c1-29-15-20-24-18-7-2-3-8-19(18)26(20)14-21(27)25-22(9-11-28-12-10-22)16-5-4-6-17(23)13-16/h2-8,13H,9-12,14-15H2,1H3,(H,25,27). The number of nitrogens with one attached hydrogen (secondary N) is 1. The Morgan fingerprint density at radius 3 is 2.79 bits per heavy atom. The Morgan fingerprint density at radius 2 is 2.03 bits per heavy atom. The molecule has 7 heteroatoms. The first-order chi connectivity index (χ1) is 14.1. The highest BCUT2D eigenvalue weighted by Gasteiger charge is 2.36. The average molecular weight is 474 g/mol. The van der Waals surface area contributed by atoms with Gasteiger partial charge in [0.05, 0.1) is 22.3 Å². The van der Waals surface area contributed by atoms with E-state index in [1.165, 1.54) is 0 Å². The lowest BCUT2D eigenvalue weighted by atomic mass is 9.82. The van der Waals surface area contributed by atoms with Crippen LogP contribution in [-0.4, -0.2) is 34.9 Å². The summed E-state index contributed by atoms with van der Waals surface area (Å²) < 4.78 is 8.64. The third kappa shape index (κ3) is 4.37. The molecule has 0 aliphatic carbocycles. The van der Waals surface area contributed by atoms with Gasteiger partial charge in [-0.15, -0.1) is 0 Å². The summed E-state index contributed by atoms with van der Waals surface area (Å²) >= 11 is 5.27. The first kappa shape index (κ1) is 20.4. The predicted octanol–water partition coefficient (Wildman–Crippen LogP) is 4.48. The van der Waals surface area contributed by atoms with Gasteiger partial charge in [-0.2, -0.15) is 11.8 Å². The molecule has 0 bridgehead atoms. The van der Waals surface area contributed by atoms with Gasteiger partial charge in [-0.25, -0.2) is 4.98 Å². The topological polar surface area (TPSA) is 56.2 Å². The van der Waals surface area contributed by atoms with Gasteiger partial charge in [0.25, 0.3) is 0 Å². The fourth-order valence-electron chi connectivity index (χ4n) is 3.98. The Kier molecular flexibility index (Phi) is 6.27. The molecule has 0 saturated carbocycles. The molecule has 152 valence electrons. The summed E-state index contributed by atoms with van der Waals surface area (Å²) in [6.07, 6.45) is 3.57. The van der Waals surface area contributed by atoms with Crippen molar-refractivity contribution in [2.45, 2.75) is 30.7 Å². The van der Waals surface area contributed by atoms with Gasteiger partial charge >= 0.3 is 0 Å². The number of halogens is 1. The number of aromatic nitrogens is 2. The van der Waals surface area contributed by atoms with E-state index >= 15 is 0 Å². The number of thioether (sulfide) groups is 1. The molecule has 2 heterocycles. The Labute approximate surface area is 183 Å². The molecule has 2 aromatic carbocycles. The van der Waals surface area contributed by atoms with E-state index in [0.29, 0.717) is 13.2 Å². The largest absolute Gasteiger partial charge is 0.381 e. The molecule has 1 amide bonds. The second kappa shape index (κ2) is 8.90. The van der Waals surface area contributed by atoms with Crippen molar-refractivity contribution < 1.29 is 9.53 Å². The van der Waals surface area contributed by atoms with Crippen LogP contribution in [0.15, 0.2) is 53.0 Å². The Balaban J connectivity index is 1.62.